The van der Waals surface area contributed by atoms with Crippen LogP contribution in [0, 0.1) is 13.8 Å². The van der Waals surface area contributed by atoms with E-state index in [2.05, 4.69) is 0 Å². The fraction of sp³-hybridized carbons (Fsp3) is 0.174. The number of ketones is 1. The van der Waals surface area contributed by atoms with Crippen molar-refractivity contribution in [2.45, 2.75) is 13.8 Å². The molecule has 4 heteroatoms. The van der Waals surface area contributed by atoms with E-state index in [0.29, 0.717) is 11.6 Å². The van der Waals surface area contributed by atoms with Crippen LogP contribution in [-0.4, -0.2) is 25.0 Å². The molecule has 140 valence electrons. The molecule has 0 radical (unpaired) electrons. The van der Waals surface area contributed by atoms with Crippen molar-refractivity contribution in [1.82, 2.24) is 0 Å². The number of rotatable bonds is 7. The van der Waals surface area contributed by atoms with Crippen LogP contribution in [-0.2, 0) is 4.79 Å². The summed E-state index contributed by atoms with van der Waals surface area (Å²) in [7, 11) is -5.92. The molecule has 0 heterocycles. The number of hydrogen-bond acceptors (Lipinski definition) is 4. The third-order valence-corrected chi connectivity index (χ3v) is 3.60. The standard InChI is InChI=1S/C23H24O4/c1-16-5-6-18(13-17(16)2)7-10-20(24)15-21(25)11-8-19-9-12-22(26-3)23(14-19)27-4/h5-15,24H,1-4H3/b10-7+,11-8+,20-15-/i3D3,4D3,7D,8D,10D,11D. The maximum absolute atomic E-state index is 12.5. The van der Waals surface area contributed by atoms with Gasteiger partial charge >= 0.3 is 0 Å². The number of carbonyl (C=O) groups excluding carboxylic acids is 1. The molecule has 0 spiro atoms. The summed E-state index contributed by atoms with van der Waals surface area (Å²) in [5.41, 5.74) is 1.99. The molecule has 0 saturated carbocycles. The average molecular weight is 375 g/mol. The fourth-order valence-electron chi connectivity index (χ4n) is 2.04. The molecular weight excluding hydrogens is 340 g/mol. The molecular formula is C23H24O4. The largest absolute Gasteiger partial charge is 0.508 e. The third-order valence-electron chi connectivity index (χ3n) is 3.60. The van der Waals surface area contributed by atoms with E-state index in [-0.39, 0.29) is 11.6 Å². The normalized spacial score (nSPS) is 19.7. The number of aryl methyl sites for hydroxylation is 2. The highest BCUT2D eigenvalue weighted by Gasteiger charge is 2.03. The van der Waals surface area contributed by atoms with Gasteiger partial charge in [-0.05, 0) is 60.3 Å². The zero-order valence-corrected chi connectivity index (χ0v) is 14.7. The molecule has 2 aromatic rings. The van der Waals surface area contributed by atoms with E-state index in [9.17, 15) is 9.90 Å². The predicted molar refractivity (Wildman–Crippen MR) is 109 cm³/mol. The minimum Gasteiger partial charge on any atom is -0.508 e. The highest BCUT2D eigenvalue weighted by Crippen LogP contribution is 2.27. The van der Waals surface area contributed by atoms with E-state index in [1.54, 1.807) is 18.2 Å². The lowest BCUT2D eigenvalue weighted by atomic mass is 10.1. The Morgan fingerprint density at radius 3 is 2.37 bits per heavy atom. The Labute approximate surface area is 174 Å². The lowest BCUT2D eigenvalue weighted by molar-refractivity contribution is -0.110. The maximum atomic E-state index is 12.5. The quantitative estimate of drug-likeness (QED) is 0.418. The lowest BCUT2D eigenvalue weighted by Crippen LogP contribution is -1.91. The smallest absolute Gasteiger partial charge is 0.182 e. The Kier molecular flexibility index (Phi) is 3.55. The van der Waals surface area contributed by atoms with Crippen LogP contribution in [0.15, 0.2) is 60.3 Å². The molecule has 27 heavy (non-hydrogen) atoms. The van der Waals surface area contributed by atoms with Gasteiger partial charge in [-0.25, -0.2) is 0 Å². The van der Waals surface area contributed by atoms with Crippen molar-refractivity contribution in [3.8, 4) is 11.5 Å². The molecule has 2 aromatic carbocycles. The summed E-state index contributed by atoms with van der Waals surface area (Å²) in [5, 5.41) is 10.2. The summed E-state index contributed by atoms with van der Waals surface area (Å²) in [4.78, 5) is 12.5. The first-order valence-corrected chi connectivity index (χ1v) is 7.80. The van der Waals surface area contributed by atoms with Crippen LogP contribution in [0.1, 0.15) is 36.0 Å². The SMILES string of the molecule is [2H]/C(C(=O)/C=C(O)/C([2H])=C(\[2H])c1ccc(C)c(C)c1)=C(/[2H])c1ccc(OC([2H])([2H])[2H])c(OC([2H])([2H])[2H])c1. The van der Waals surface area contributed by atoms with Gasteiger partial charge in [-0.3, -0.25) is 4.79 Å². The molecule has 0 fully saturated rings. The maximum Gasteiger partial charge on any atom is 0.182 e. The average Bonchev–Trinajstić information content (AvgIpc) is 2.78. The molecule has 4 nitrogen and oxygen atoms in total. The topological polar surface area (TPSA) is 55.8 Å². The van der Waals surface area contributed by atoms with Crippen molar-refractivity contribution >= 4 is 17.9 Å². The second-order valence-corrected chi connectivity index (χ2v) is 5.56. The molecule has 0 unspecified atom stereocenters. The Morgan fingerprint density at radius 1 is 0.963 bits per heavy atom. The van der Waals surface area contributed by atoms with Crippen LogP contribution in [0.4, 0.5) is 0 Å². The van der Waals surface area contributed by atoms with Gasteiger partial charge in [0.05, 0.1) is 27.8 Å². The minimum absolute atomic E-state index is 0.179. The number of methoxy groups -OCH3 is 2. The molecule has 0 amide bonds. The van der Waals surface area contributed by atoms with Gasteiger partial charge in [0.1, 0.15) is 5.76 Å². The zero-order valence-electron chi connectivity index (χ0n) is 24.7. The molecule has 2 rings (SSSR count). The molecule has 0 aliphatic heterocycles. The number of aliphatic hydroxyl groups is 1. The monoisotopic (exact) mass is 374 g/mol. The Morgan fingerprint density at radius 2 is 1.63 bits per heavy atom. The van der Waals surface area contributed by atoms with Gasteiger partial charge in [0.15, 0.2) is 17.3 Å². The van der Waals surface area contributed by atoms with E-state index in [1.165, 1.54) is 0 Å². The zero-order chi connectivity index (χ0) is 28.3. The van der Waals surface area contributed by atoms with Gasteiger partial charge in [-0.1, -0.05) is 36.4 Å². The van der Waals surface area contributed by atoms with Crippen LogP contribution in [0.3, 0.4) is 0 Å². The van der Waals surface area contributed by atoms with Gasteiger partial charge in [0, 0.05) is 6.08 Å². The molecule has 0 aliphatic rings. The van der Waals surface area contributed by atoms with Crippen LogP contribution in [0.5, 0.6) is 11.5 Å². The van der Waals surface area contributed by atoms with Gasteiger partial charge in [0.25, 0.3) is 0 Å². The van der Waals surface area contributed by atoms with Crippen molar-refractivity contribution in [3.05, 3.63) is 82.6 Å². The van der Waals surface area contributed by atoms with E-state index in [0.717, 1.165) is 29.3 Å². The first-order valence-electron chi connectivity index (χ1n) is 12.8. The van der Waals surface area contributed by atoms with Crippen LogP contribution in [0.25, 0.3) is 12.1 Å². The number of benzene rings is 2. The van der Waals surface area contributed by atoms with Gasteiger partial charge in [-0.2, -0.15) is 0 Å². The Hall–Kier alpha value is -3.27. The number of carbonyl (C=O) groups is 1. The van der Waals surface area contributed by atoms with Gasteiger partial charge in [-0.15, -0.1) is 0 Å². The van der Waals surface area contributed by atoms with Crippen LogP contribution < -0.4 is 9.47 Å². The second-order valence-electron chi connectivity index (χ2n) is 5.56. The molecule has 0 aliphatic carbocycles. The highest BCUT2D eigenvalue weighted by molar-refractivity contribution is 6.02. The molecule has 0 aromatic heterocycles. The van der Waals surface area contributed by atoms with Crippen LogP contribution in [0.2, 0.25) is 0 Å². The molecule has 0 bridgehead atoms. The van der Waals surface area contributed by atoms with Crippen LogP contribution >= 0.6 is 0 Å². The van der Waals surface area contributed by atoms with E-state index < -0.39 is 55.3 Å². The predicted octanol–water partition coefficient (Wildman–Crippen LogP) is 5.06. The molecule has 1 N–H and O–H groups in total. The van der Waals surface area contributed by atoms with E-state index in [4.69, 9.17) is 23.2 Å². The molecule has 0 saturated heterocycles. The highest BCUT2D eigenvalue weighted by atomic mass is 16.5. The van der Waals surface area contributed by atoms with E-state index in [1.807, 2.05) is 13.8 Å². The number of aliphatic hydroxyl groups excluding tert-OH is 1. The number of ether oxygens (including phenoxy) is 2. The summed E-state index contributed by atoms with van der Waals surface area (Å²) in [5.74, 6) is -3.07. The first-order chi connectivity index (χ1) is 16.9. The van der Waals surface area contributed by atoms with Gasteiger partial charge in [0.2, 0.25) is 0 Å². The second kappa shape index (κ2) is 9.43. The number of allylic oxidation sites excluding steroid dienone is 3. The Bertz CT molecular complexity index is 1290. The van der Waals surface area contributed by atoms with Crippen molar-refractivity contribution in [2.75, 3.05) is 14.1 Å². The van der Waals surface area contributed by atoms with E-state index >= 15 is 0 Å². The van der Waals surface area contributed by atoms with Gasteiger partial charge < -0.3 is 14.6 Å². The summed E-state index contributed by atoms with van der Waals surface area (Å²) in [6, 6.07) is 5.39. The minimum atomic E-state index is -2.99. The molecule has 0 atom stereocenters. The third kappa shape index (κ3) is 5.89. The van der Waals surface area contributed by atoms with Crippen molar-refractivity contribution in [3.63, 3.8) is 0 Å². The number of hydrogen-bond donors (Lipinski definition) is 1. The summed E-state index contributed by atoms with van der Waals surface area (Å²) in [6.45, 7) is 3.69. The van der Waals surface area contributed by atoms with Crippen molar-refractivity contribution < 1.29 is 33.1 Å². The summed E-state index contributed by atoms with van der Waals surface area (Å²) < 4.78 is 85.2. The summed E-state index contributed by atoms with van der Waals surface area (Å²) >= 11 is 0. The van der Waals surface area contributed by atoms with Crippen molar-refractivity contribution in [2.24, 2.45) is 0 Å². The summed E-state index contributed by atoms with van der Waals surface area (Å²) in [6.07, 6.45) is 0.529. The lowest BCUT2D eigenvalue weighted by Gasteiger charge is -2.07. The first kappa shape index (κ1) is 10.2. The van der Waals surface area contributed by atoms with Crippen molar-refractivity contribution in [1.29, 1.82) is 0 Å². The Balaban J connectivity index is 2.44. The fourth-order valence-corrected chi connectivity index (χ4v) is 2.04.